The van der Waals surface area contributed by atoms with Gasteiger partial charge in [0, 0.05) is 37.3 Å². The third-order valence-electron chi connectivity index (χ3n) is 5.08. The van der Waals surface area contributed by atoms with Crippen LogP contribution in [0.15, 0.2) is 34.2 Å². The number of nitrogens with one attached hydrogen (secondary N) is 1. The van der Waals surface area contributed by atoms with Gasteiger partial charge in [-0.15, -0.1) is 0 Å². The van der Waals surface area contributed by atoms with E-state index in [2.05, 4.69) is 21.8 Å². The van der Waals surface area contributed by atoms with E-state index in [4.69, 9.17) is 16.9 Å². The molecule has 2 aromatic heterocycles. The van der Waals surface area contributed by atoms with Crippen molar-refractivity contribution in [2.75, 3.05) is 30.3 Å². The van der Waals surface area contributed by atoms with Crippen molar-refractivity contribution in [3.63, 3.8) is 0 Å². The molecule has 0 aliphatic carbocycles. The molecule has 1 saturated heterocycles. The van der Waals surface area contributed by atoms with Crippen molar-refractivity contribution < 1.29 is 0 Å². The van der Waals surface area contributed by atoms with E-state index >= 15 is 0 Å². The van der Waals surface area contributed by atoms with Gasteiger partial charge in [0.2, 0.25) is 0 Å². The zero-order valence-corrected chi connectivity index (χ0v) is 16.4. The number of anilines is 2. The van der Waals surface area contributed by atoms with E-state index in [1.54, 1.807) is 25.5 Å². The Labute approximate surface area is 162 Å². The predicted molar refractivity (Wildman–Crippen MR) is 109 cm³/mol. The molecule has 1 fully saturated rings. The smallest absolute Gasteiger partial charge is 0.251 e. The van der Waals surface area contributed by atoms with Gasteiger partial charge in [0.25, 0.3) is 5.56 Å². The van der Waals surface area contributed by atoms with E-state index in [-0.39, 0.29) is 21.8 Å². The summed E-state index contributed by atoms with van der Waals surface area (Å²) in [6.07, 6.45) is 5.33. The Morgan fingerprint density at radius 2 is 2.11 bits per heavy atom. The molecule has 0 bridgehead atoms. The van der Waals surface area contributed by atoms with Crippen LogP contribution >= 0.6 is 11.8 Å². The number of nitrogens with zero attached hydrogens (tertiary/aromatic N) is 4. The first-order chi connectivity index (χ1) is 12.8. The first kappa shape index (κ1) is 19.4. The van der Waals surface area contributed by atoms with Crippen molar-refractivity contribution in [1.29, 1.82) is 5.41 Å². The molecule has 0 amide bonds. The van der Waals surface area contributed by atoms with Gasteiger partial charge in [0.1, 0.15) is 16.6 Å². The van der Waals surface area contributed by atoms with E-state index < -0.39 is 0 Å². The molecule has 1 aliphatic heterocycles. The molecule has 1 aliphatic rings. The Balaban J connectivity index is 1.72. The topological polar surface area (TPSA) is 127 Å². The van der Waals surface area contributed by atoms with Gasteiger partial charge in [0.05, 0.1) is 6.20 Å². The summed E-state index contributed by atoms with van der Waals surface area (Å²) in [7, 11) is 1.68. The highest BCUT2D eigenvalue weighted by Crippen LogP contribution is 2.32. The lowest BCUT2D eigenvalue weighted by atomic mass is 9.80. The summed E-state index contributed by atoms with van der Waals surface area (Å²) >= 11 is 1.14. The monoisotopic (exact) mass is 387 g/mol. The lowest BCUT2D eigenvalue weighted by Crippen LogP contribution is -2.42. The SMILES string of the molecule is Cn1ccc(SC(=N)c2ncc(N3CCC(C)(CN)CC3)nc2N)cc1=O. The second-order valence-corrected chi connectivity index (χ2v) is 8.29. The van der Waals surface area contributed by atoms with Crippen LogP contribution in [-0.2, 0) is 7.05 Å². The summed E-state index contributed by atoms with van der Waals surface area (Å²) in [6.45, 7) is 4.62. The number of hydrogen-bond donors (Lipinski definition) is 3. The highest BCUT2D eigenvalue weighted by molar-refractivity contribution is 8.14. The fourth-order valence-corrected chi connectivity index (χ4v) is 3.74. The highest BCUT2D eigenvalue weighted by Gasteiger charge is 2.29. The number of nitrogens with two attached hydrogens (primary N) is 2. The Kier molecular flexibility index (Phi) is 5.52. The molecule has 0 spiro atoms. The lowest BCUT2D eigenvalue weighted by Gasteiger charge is -2.39. The molecule has 0 atom stereocenters. The number of nitrogen functional groups attached to an aromatic ring is 1. The van der Waals surface area contributed by atoms with Crippen LogP contribution in [0.1, 0.15) is 25.5 Å². The summed E-state index contributed by atoms with van der Waals surface area (Å²) in [5.41, 5.74) is 12.3. The molecule has 27 heavy (non-hydrogen) atoms. The van der Waals surface area contributed by atoms with Gasteiger partial charge in [-0.2, -0.15) is 0 Å². The molecule has 9 heteroatoms. The third kappa shape index (κ3) is 4.30. The number of piperidine rings is 1. The Morgan fingerprint density at radius 3 is 2.70 bits per heavy atom. The van der Waals surface area contributed by atoms with Gasteiger partial charge in [-0.05, 0) is 30.9 Å². The van der Waals surface area contributed by atoms with E-state index in [0.29, 0.717) is 17.1 Å². The standard InChI is InChI=1S/C18H25N7OS/c1-18(11-19)4-7-25(8-5-18)13-10-22-15(16(20)23-13)17(21)27-12-3-6-24(2)14(26)9-12/h3,6,9-10,21H,4-5,7-8,11,19H2,1-2H3,(H2,20,23). The van der Waals surface area contributed by atoms with Crippen LogP contribution < -0.4 is 21.9 Å². The fourth-order valence-electron chi connectivity index (χ4n) is 2.96. The zero-order valence-electron chi connectivity index (χ0n) is 15.6. The second-order valence-electron chi connectivity index (χ2n) is 7.21. The maximum absolute atomic E-state index is 11.7. The summed E-state index contributed by atoms with van der Waals surface area (Å²) in [4.78, 5) is 23.4. The predicted octanol–water partition coefficient (Wildman–Crippen LogP) is 1.44. The zero-order chi connectivity index (χ0) is 19.6. The minimum Gasteiger partial charge on any atom is -0.382 e. The first-order valence-corrected chi connectivity index (χ1v) is 9.64. The van der Waals surface area contributed by atoms with E-state index in [9.17, 15) is 4.79 Å². The van der Waals surface area contributed by atoms with Crippen molar-refractivity contribution >= 4 is 28.4 Å². The summed E-state index contributed by atoms with van der Waals surface area (Å²) in [6, 6.07) is 3.26. The third-order valence-corrected chi connectivity index (χ3v) is 5.97. The van der Waals surface area contributed by atoms with Crippen molar-refractivity contribution in [2.45, 2.75) is 24.7 Å². The molecule has 0 unspecified atom stereocenters. The fraction of sp³-hybridized carbons (Fsp3) is 0.444. The first-order valence-electron chi connectivity index (χ1n) is 8.82. The normalized spacial score (nSPS) is 16.3. The number of aromatic nitrogens is 3. The largest absolute Gasteiger partial charge is 0.382 e. The maximum atomic E-state index is 11.7. The van der Waals surface area contributed by atoms with Crippen LogP contribution in [0.5, 0.6) is 0 Å². The molecule has 5 N–H and O–H groups in total. The van der Waals surface area contributed by atoms with E-state index in [1.807, 2.05) is 0 Å². The van der Waals surface area contributed by atoms with Gasteiger partial charge in [-0.3, -0.25) is 10.2 Å². The molecular formula is C18H25N7OS. The molecular weight excluding hydrogens is 362 g/mol. The van der Waals surface area contributed by atoms with Gasteiger partial charge >= 0.3 is 0 Å². The average molecular weight is 388 g/mol. The van der Waals surface area contributed by atoms with Gasteiger partial charge in [-0.25, -0.2) is 9.97 Å². The number of hydrogen-bond acceptors (Lipinski definition) is 8. The Bertz CT molecular complexity index is 903. The van der Waals surface area contributed by atoms with Crippen molar-refractivity contribution in [3.8, 4) is 0 Å². The van der Waals surface area contributed by atoms with E-state index in [0.717, 1.165) is 43.5 Å². The van der Waals surface area contributed by atoms with Crippen molar-refractivity contribution in [3.05, 3.63) is 40.6 Å². The van der Waals surface area contributed by atoms with Crippen LogP contribution in [-0.4, -0.2) is 39.2 Å². The second kappa shape index (κ2) is 7.69. The number of aryl methyl sites for hydroxylation is 1. The average Bonchev–Trinajstić information content (AvgIpc) is 2.65. The summed E-state index contributed by atoms with van der Waals surface area (Å²) in [5, 5.41) is 8.43. The molecule has 8 nitrogen and oxygen atoms in total. The molecule has 2 aromatic rings. The van der Waals surface area contributed by atoms with Gasteiger partial charge < -0.3 is 20.9 Å². The molecule has 3 heterocycles. The van der Waals surface area contributed by atoms with Crippen LogP contribution in [0.4, 0.5) is 11.6 Å². The van der Waals surface area contributed by atoms with Crippen LogP contribution in [0, 0.1) is 10.8 Å². The van der Waals surface area contributed by atoms with Gasteiger partial charge in [-0.1, -0.05) is 18.7 Å². The van der Waals surface area contributed by atoms with Crippen molar-refractivity contribution in [1.82, 2.24) is 14.5 Å². The Hall–Kier alpha value is -2.39. The summed E-state index contributed by atoms with van der Waals surface area (Å²) in [5.74, 6) is 0.947. The maximum Gasteiger partial charge on any atom is 0.251 e. The summed E-state index contributed by atoms with van der Waals surface area (Å²) < 4.78 is 1.48. The Morgan fingerprint density at radius 1 is 1.41 bits per heavy atom. The minimum atomic E-state index is -0.128. The quantitative estimate of drug-likeness (QED) is 0.411. The number of thioether (sulfide) groups is 1. The van der Waals surface area contributed by atoms with Crippen LogP contribution in [0.25, 0.3) is 0 Å². The molecule has 0 radical (unpaired) electrons. The number of pyridine rings is 1. The molecule has 3 rings (SSSR count). The molecule has 0 aromatic carbocycles. The molecule has 144 valence electrons. The highest BCUT2D eigenvalue weighted by atomic mass is 32.2. The van der Waals surface area contributed by atoms with Crippen LogP contribution in [0.2, 0.25) is 0 Å². The molecule has 0 saturated carbocycles. The van der Waals surface area contributed by atoms with Crippen molar-refractivity contribution in [2.24, 2.45) is 18.2 Å². The minimum absolute atomic E-state index is 0.128. The lowest BCUT2D eigenvalue weighted by molar-refractivity contribution is 0.258. The van der Waals surface area contributed by atoms with Crippen LogP contribution in [0.3, 0.4) is 0 Å². The van der Waals surface area contributed by atoms with E-state index in [1.165, 1.54) is 10.6 Å². The number of rotatable bonds is 4. The van der Waals surface area contributed by atoms with Gasteiger partial charge in [0.15, 0.2) is 5.82 Å².